The van der Waals surface area contributed by atoms with Crippen LogP contribution in [0.5, 0.6) is 0 Å². The summed E-state index contributed by atoms with van der Waals surface area (Å²) in [4.78, 5) is 25.1. The number of nitrogens with zero attached hydrogens (tertiary/aromatic N) is 6. The topological polar surface area (TPSA) is 69.4 Å². The van der Waals surface area contributed by atoms with E-state index in [9.17, 15) is 0 Å². The number of hydrogen-bond donors (Lipinski definition) is 0. The van der Waals surface area contributed by atoms with E-state index in [4.69, 9.17) is 19.9 Å². The van der Waals surface area contributed by atoms with Crippen LogP contribution >= 0.6 is 0 Å². The number of pyridine rings is 1. The highest BCUT2D eigenvalue weighted by molar-refractivity contribution is 7.20. The number of hydrogen-bond acceptors (Lipinski definition) is 5. The van der Waals surface area contributed by atoms with Crippen molar-refractivity contribution in [1.29, 1.82) is 0 Å². The molecule has 3 aromatic heterocycles. The zero-order chi connectivity index (χ0) is 34.5. The van der Waals surface area contributed by atoms with Crippen molar-refractivity contribution in [2.75, 3.05) is 0 Å². The number of para-hydroxylation sites is 3. The van der Waals surface area contributed by atoms with E-state index >= 15 is 0 Å². The molecular formula is C45H30N6Si. The number of benzene rings is 6. The average molecular weight is 683 g/mol. The van der Waals surface area contributed by atoms with Crippen molar-refractivity contribution in [2.45, 2.75) is 0 Å². The van der Waals surface area contributed by atoms with Gasteiger partial charge in [-0.25, -0.2) is 19.9 Å². The molecule has 0 saturated heterocycles. The standard InChI is InChI=1S/C45H30N6Si/c1-3-14-31(15-4-1)42-48-43(32-16-5-2-6-17-32)50-44(49-42)34-19-12-22-37(29-34)52(36-21-11-18-33(28-36)35-20-13-27-46-30-35)41-26-10-9-25-40(41)51-39-24-8-7-23-38(39)47-45(51)52/h1-30H. The number of fused-ring (bicyclic) bond motifs is 5. The number of imidazole rings is 1. The molecular weight excluding hydrogens is 653 g/mol. The van der Waals surface area contributed by atoms with Gasteiger partial charge in [0.2, 0.25) is 8.07 Å². The van der Waals surface area contributed by atoms with Gasteiger partial charge in [-0.3, -0.25) is 9.55 Å². The Balaban J connectivity index is 1.25. The van der Waals surface area contributed by atoms with Gasteiger partial charge < -0.3 is 0 Å². The summed E-state index contributed by atoms with van der Waals surface area (Å²) in [5, 5.41) is 3.75. The molecule has 9 aromatic rings. The van der Waals surface area contributed by atoms with Gasteiger partial charge in [0.15, 0.2) is 17.5 Å². The fourth-order valence-corrected chi connectivity index (χ4v) is 12.6. The molecule has 0 fully saturated rings. The van der Waals surface area contributed by atoms with E-state index in [1.807, 2.05) is 79.1 Å². The first-order valence-corrected chi connectivity index (χ1v) is 19.3. The largest absolute Gasteiger partial charge is 0.299 e. The molecule has 52 heavy (non-hydrogen) atoms. The van der Waals surface area contributed by atoms with Gasteiger partial charge in [-0.05, 0) is 51.0 Å². The quantitative estimate of drug-likeness (QED) is 0.177. The van der Waals surface area contributed by atoms with Gasteiger partial charge in [0, 0.05) is 34.8 Å². The number of aromatic nitrogens is 6. The Kier molecular flexibility index (Phi) is 7.04. The molecule has 0 bridgehead atoms. The minimum atomic E-state index is -3.03. The maximum Gasteiger partial charge on any atom is 0.226 e. The zero-order valence-electron chi connectivity index (χ0n) is 28.0. The van der Waals surface area contributed by atoms with Crippen molar-refractivity contribution < 1.29 is 0 Å². The van der Waals surface area contributed by atoms with Crippen LogP contribution in [0.25, 0.3) is 62.0 Å². The van der Waals surface area contributed by atoms with E-state index in [0.717, 1.165) is 44.3 Å². The lowest BCUT2D eigenvalue weighted by atomic mass is 10.1. The Labute approximate surface area is 301 Å². The SMILES string of the molecule is c1ccc(-c2nc(-c3ccccc3)nc(-c3cccc([Si]4(c5cccc(-c6cccnc6)c5)c5ccccc5-n5c4nc4ccccc45)c3)n2)cc1. The highest BCUT2D eigenvalue weighted by atomic mass is 28.3. The second kappa shape index (κ2) is 12.2. The molecule has 1 aliphatic rings. The van der Waals surface area contributed by atoms with Gasteiger partial charge >= 0.3 is 0 Å². The van der Waals surface area contributed by atoms with Gasteiger partial charge in [0.1, 0.15) is 5.45 Å². The van der Waals surface area contributed by atoms with Gasteiger partial charge in [-0.15, -0.1) is 0 Å². The van der Waals surface area contributed by atoms with Crippen molar-refractivity contribution >= 4 is 40.1 Å². The van der Waals surface area contributed by atoms with Gasteiger partial charge in [-0.1, -0.05) is 146 Å². The van der Waals surface area contributed by atoms with E-state index in [-0.39, 0.29) is 0 Å². The highest BCUT2D eigenvalue weighted by Crippen LogP contribution is 2.29. The van der Waals surface area contributed by atoms with Crippen LogP contribution in [-0.4, -0.2) is 37.6 Å². The van der Waals surface area contributed by atoms with Crippen molar-refractivity contribution in [3.05, 3.63) is 182 Å². The summed E-state index contributed by atoms with van der Waals surface area (Å²) in [6, 6.07) is 59.5. The maximum absolute atomic E-state index is 5.50. The molecule has 0 amide bonds. The summed E-state index contributed by atoms with van der Waals surface area (Å²) in [6.07, 6.45) is 3.75. The third kappa shape index (κ3) is 4.75. The molecule has 10 rings (SSSR count). The van der Waals surface area contributed by atoms with Crippen LogP contribution < -0.4 is 21.0 Å². The molecule has 6 aromatic carbocycles. The Morgan fingerprint density at radius 1 is 0.423 bits per heavy atom. The molecule has 0 aliphatic carbocycles. The second-order valence-electron chi connectivity index (χ2n) is 13.0. The normalized spacial score (nSPS) is 14.6. The molecule has 6 nitrogen and oxygen atoms in total. The molecule has 1 aliphatic heterocycles. The maximum atomic E-state index is 5.50. The summed E-state index contributed by atoms with van der Waals surface area (Å²) in [5.41, 5.74) is 9.36. The Morgan fingerprint density at radius 2 is 0.981 bits per heavy atom. The van der Waals surface area contributed by atoms with Crippen LogP contribution in [0.1, 0.15) is 0 Å². The average Bonchev–Trinajstić information content (AvgIpc) is 3.75. The van der Waals surface area contributed by atoms with E-state index in [1.54, 1.807) is 0 Å². The molecule has 0 saturated carbocycles. The van der Waals surface area contributed by atoms with Crippen LogP contribution in [0.4, 0.5) is 0 Å². The lowest BCUT2D eigenvalue weighted by Crippen LogP contribution is -2.73. The first-order chi connectivity index (χ1) is 25.8. The smallest absolute Gasteiger partial charge is 0.226 e. The van der Waals surface area contributed by atoms with Crippen LogP contribution in [0, 0.1) is 0 Å². The van der Waals surface area contributed by atoms with Crippen molar-refractivity contribution in [3.8, 4) is 51.0 Å². The predicted octanol–water partition coefficient (Wildman–Crippen LogP) is 6.96. The van der Waals surface area contributed by atoms with E-state index in [1.165, 1.54) is 21.2 Å². The van der Waals surface area contributed by atoms with Crippen LogP contribution in [0.2, 0.25) is 0 Å². The minimum Gasteiger partial charge on any atom is -0.299 e. The Morgan fingerprint density at radius 3 is 1.67 bits per heavy atom. The number of rotatable bonds is 6. The van der Waals surface area contributed by atoms with Crippen LogP contribution in [0.3, 0.4) is 0 Å². The van der Waals surface area contributed by atoms with Gasteiger partial charge in [0.25, 0.3) is 0 Å². The zero-order valence-corrected chi connectivity index (χ0v) is 29.0. The fraction of sp³-hybridized carbons (Fsp3) is 0. The highest BCUT2D eigenvalue weighted by Gasteiger charge is 2.52. The Hall–Kier alpha value is -6.83. The molecule has 244 valence electrons. The van der Waals surface area contributed by atoms with E-state index in [2.05, 4.69) is 113 Å². The lowest BCUT2D eigenvalue weighted by Gasteiger charge is -2.29. The predicted molar refractivity (Wildman–Crippen MR) is 211 cm³/mol. The molecule has 0 spiro atoms. The molecule has 1 atom stereocenters. The molecule has 7 heteroatoms. The molecule has 4 heterocycles. The summed E-state index contributed by atoms with van der Waals surface area (Å²) >= 11 is 0. The summed E-state index contributed by atoms with van der Waals surface area (Å²) in [6.45, 7) is 0. The Bertz CT molecular complexity index is 2690. The van der Waals surface area contributed by atoms with Crippen molar-refractivity contribution in [3.63, 3.8) is 0 Å². The minimum absolute atomic E-state index is 0.627. The van der Waals surface area contributed by atoms with E-state index in [0.29, 0.717) is 17.5 Å². The van der Waals surface area contributed by atoms with Crippen molar-refractivity contribution in [2.24, 2.45) is 0 Å². The van der Waals surface area contributed by atoms with Crippen molar-refractivity contribution in [1.82, 2.24) is 29.5 Å². The van der Waals surface area contributed by atoms with Gasteiger partial charge in [-0.2, -0.15) is 0 Å². The molecule has 0 radical (unpaired) electrons. The summed E-state index contributed by atoms with van der Waals surface area (Å²) in [5.74, 6) is 1.90. The first kappa shape index (κ1) is 30.0. The van der Waals surface area contributed by atoms with Crippen LogP contribution in [-0.2, 0) is 0 Å². The van der Waals surface area contributed by atoms with Crippen LogP contribution in [0.15, 0.2) is 182 Å². The molecule has 1 unspecified atom stereocenters. The third-order valence-electron chi connectivity index (χ3n) is 9.99. The summed E-state index contributed by atoms with van der Waals surface area (Å²) < 4.78 is 2.39. The third-order valence-corrected chi connectivity index (χ3v) is 14.6. The first-order valence-electron chi connectivity index (χ1n) is 17.3. The van der Waals surface area contributed by atoms with E-state index < -0.39 is 8.07 Å². The second-order valence-corrected chi connectivity index (χ2v) is 16.6. The lowest BCUT2D eigenvalue weighted by molar-refractivity contribution is 1.07. The fourth-order valence-electron chi connectivity index (χ4n) is 7.66. The molecule has 0 N–H and O–H groups in total. The monoisotopic (exact) mass is 682 g/mol. The van der Waals surface area contributed by atoms with Gasteiger partial charge in [0.05, 0.1) is 11.0 Å². The summed E-state index contributed by atoms with van der Waals surface area (Å²) in [7, 11) is -3.03.